The third-order valence-electron chi connectivity index (χ3n) is 4.50. The lowest BCUT2D eigenvalue weighted by molar-refractivity contribution is 0.103. The van der Waals surface area contributed by atoms with E-state index in [1.54, 1.807) is 0 Å². The summed E-state index contributed by atoms with van der Waals surface area (Å²) >= 11 is 0. The van der Waals surface area contributed by atoms with Crippen molar-refractivity contribution in [1.29, 1.82) is 0 Å². The zero-order valence-corrected chi connectivity index (χ0v) is 15.3. The third kappa shape index (κ3) is 3.97. The van der Waals surface area contributed by atoms with Crippen molar-refractivity contribution in [2.45, 2.75) is 0 Å². The quantitative estimate of drug-likeness (QED) is 0.312. The number of hydrogen-bond donors (Lipinski definition) is 0. The Morgan fingerprint density at radius 1 is 0.464 bits per heavy atom. The molecule has 4 rings (SSSR count). The van der Waals surface area contributed by atoms with Gasteiger partial charge in [-0.25, -0.2) is 4.99 Å². The Labute approximate surface area is 164 Å². The molecule has 4 aromatic rings. The van der Waals surface area contributed by atoms with Crippen LogP contribution in [0.2, 0.25) is 0 Å². The van der Waals surface area contributed by atoms with Crippen molar-refractivity contribution in [1.82, 2.24) is 0 Å². The minimum atomic E-state index is 0.0162. The van der Waals surface area contributed by atoms with Crippen molar-refractivity contribution in [3.05, 3.63) is 138 Å². The Balaban J connectivity index is 1.69. The van der Waals surface area contributed by atoms with Gasteiger partial charge in [0.05, 0.1) is 11.4 Å². The predicted octanol–water partition coefficient (Wildman–Crippen LogP) is 6.09. The fourth-order valence-electron chi connectivity index (χ4n) is 3.06. The van der Waals surface area contributed by atoms with Crippen molar-refractivity contribution in [3.63, 3.8) is 0 Å². The molecule has 4 aromatic carbocycles. The first-order valence-corrected chi connectivity index (χ1v) is 9.20. The van der Waals surface area contributed by atoms with Crippen molar-refractivity contribution in [3.8, 4) is 0 Å². The summed E-state index contributed by atoms with van der Waals surface area (Å²) in [5.74, 6) is 0.0162. The highest BCUT2D eigenvalue weighted by Gasteiger charge is 2.09. The van der Waals surface area contributed by atoms with E-state index in [1.165, 1.54) is 0 Å². The second-order valence-corrected chi connectivity index (χ2v) is 6.43. The van der Waals surface area contributed by atoms with Gasteiger partial charge in [0, 0.05) is 22.3 Å². The van der Waals surface area contributed by atoms with Crippen LogP contribution < -0.4 is 0 Å². The molecule has 0 fully saturated rings. The molecule has 0 bridgehead atoms. The highest BCUT2D eigenvalue weighted by molar-refractivity contribution is 6.14. The summed E-state index contributed by atoms with van der Waals surface area (Å²) in [6.07, 6.45) is 0. The summed E-state index contributed by atoms with van der Waals surface area (Å²) in [7, 11) is 0. The first kappa shape index (κ1) is 17.6. The Morgan fingerprint density at radius 2 is 0.857 bits per heavy atom. The summed E-state index contributed by atoms with van der Waals surface area (Å²) in [4.78, 5) is 17.5. The zero-order chi connectivity index (χ0) is 19.2. The molecule has 2 nitrogen and oxygen atoms in total. The van der Waals surface area contributed by atoms with Crippen molar-refractivity contribution in [2.24, 2.45) is 4.99 Å². The number of nitrogens with zero attached hydrogens (tertiary/aromatic N) is 1. The van der Waals surface area contributed by atoms with Gasteiger partial charge in [-0.3, -0.25) is 4.79 Å². The second kappa shape index (κ2) is 8.28. The van der Waals surface area contributed by atoms with E-state index in [0.29, 0.717) is 11.1 Å². The van der Waals surface area contributed by atoms with E-state index >= 15 is 0 Å². The van der Waals surface area contributed by atoms with Gasteiger partial charge in [-0.15, -0.1) is 0 Å². The highest BCUT2D eigenvalue weighted by atomic mass is 16.1. The van der Waals surface area contributed by atoms with E-state index < -0.39 is 0 Å². The third-order valence-corrected chi connectivity index (χ3v) is 4.50. The number of hydrogen-bond acceptors (Lipinski definition) is 2. The predicted molar refractivity (Wildman–Crippen MR) is 114 cm³/mol. The van der Waals surface area contributed by atoms with E-state index in [-0.39, 0.29) is 5.78 Å². The van der Waals surface area contributed by atoms with E-state index in [1.807, 2.05) is 91.0 Å². The van der Waals surface area contributed by atoms with Crippen LogP contribution in [0.5, 0.6) is 0 Å². The summed E-state index contributed by atoms with van der Waals surface area (Å²) in [6.45, 7) is 0. The molecule has 0 N–H and O–H groups in total. The van der Waals surface area contributed by atoms with E-state index in [9.17, 15) is 4.79 Å². The summed E-state index contributed by atoms with van der Waals surface area (Å²) < 4.78 is 0. The fraction of sp³-hybridized carbons (Fsp3) is 0. The molecule has 0 saturated carbocycles. The average Bonchev–Trinajstić information content (AvgIpc) is 2.79. The summed E-state index contributed by atoms with van der Waals surface area (Å²) in [5, 5.41) is 0. The molecule has 0 saturated heterocycles. The molecule has 0 radical (unpaired) electrons. The van der Waals surface area contributed by atoms with Crippen LogP contribution in [0.25, 0.3) is 0 Å². The Morgan fingerprint density at radius 3 is 1.32 bits per heavy atom. The second-order valence-electron chi connectivity index (χ2n) is 6.43. The van der Waals surface area contributed by atoms with E-state index in [4.69, 9.17) is 4.99 Å². The topological polar surface area (TPSA) is 29.4 Å². The first-order valence-electron chi connectivity index (χ1n) is 9.20. The Kier molecular flexibility index (Phi) is 5.21. The van der Waals surface area contributed by atoms with Gasteiger partial charge in [-0.1, -0.05) is 91.0 Å². The van der Waals surface area contributed by atoms with Gasteiger partial charge in [0.1, 0.15) is 0 Å². The number of aliphatic imine (C=N–C) groups is 1. The SMILES string of the molecule is O=C(c1ccccc1)c1ccc(N=C(c2ccccc2)c2ccccc2)cc1. The normalized spacial score (nSPS) is 10.3. The molecular weight excluding hydrogens is 342 g/mol. The molecule has 0 unspecified atom stereocenters. The lowest BCUT2D eigenvalue weighted by Crippen LogP contribution is -2.03. The van der Waals surface area contributed by atoms with Crippen LogP contribution in [0.3, 0.4) is 0 Å². The monoisotopic (exact) mass is 361 g/mol. The van der Waals surface area contributed by atoms with Crippen LogP contribution in [0.15, 0.2) is 120 Å². The van der Waals surface area contributed by atoms with Crippen LogP contribution in [-0.4, -0.2) is 11.5 Å². The lowest BCUT2D eigenvalue weighted by atomic mass is 10.0. The standard InChI is InChI=1S/C26H19NO/c28-26(22-14-8-3-9-15-22)23-16-18-24(19-17-23)27-25(20-10-4-1-5-11-20)21-12-6-2-7-13-21/h1-19H. The first-order chi connectivity index (χ1) is 13.8. The van der Waals surface area contributed by atoms with Crippen molar-refractivity contribution < 1.29 is 4.79 Å². The number of rotatable bonds is 5. The van der Waals surface area contributed by atoms with Crippen LogP contribution >= 0.6 is 0 Å². The molecule has 0 spiro atoms. The molecule has 0 amide bonds. The lowest BCUT2D eigenvalue weighted by Gasteiger charge is -2.08. The smallest absolute Gasteiger partial charge is 0.193 e. The van der Waals surface area contributed by atoms with Gasteiger partial charge in [0.2, 0.25) is 0 Å². The van der Waals surface area contributed by atoms with E-state index in [0.717, 1.165) is 22.5 Å². The fourth-order valence-corrected chi connectivity index (χ4v) is 3.06. The molecule has 28 heavy (non-hydrogen) atoms. The number of benzene rings is 4. The van der Waals surface area contributed by atoms with Gasteiger partial charge < -0.3 is 0 Å². The molecule has 0 atom stereocenters. The largest absolute Gasteiger partial charge is 0.289 e. The van der Waals surface area contributed by atoms with Crippen LogP contribution in [0, 0.1) is 0 Å². The number of carbonyl (C=O) groups is 1. The molecule has 2 heteroatoms. The maximum Gasteiger partial charge on any atom is 0.193 e. The van der Waals surface area contributed by atoms with Gasteiger partial charge in [-0.2, -0.15) is 0 Å². The number of carbonyl (C=O) groups excluding carboxylic acids is 1. The van der Waals surface area contributed by atoms with E-state index in [2.05, 4.69) is 24.3 Å². The molecule has 0 aliphatic carbocycles. The van der Waals surface area contributed by atoms with Crippen molar-refractivity contribution >= 4 is 17.2 Å². The van der Waals surface area contributed by atoms with Crippen LogP contribution in [-0.2, 0) is 0 Å². The Hall–Kier alpha value is -3.78. The van der Waals surface area contributed by atoms with Gasteiger partial charge in [0.25, 0.3) is 0 Å². The minimum Gasteiger partial charge on any atom is -0.289 e. The molecule has 0 aliphatic rings. The van der Waals surface area contributed by atoms with Gasteiger partial charge >= 0.3 is 0 Å². The average molecular weight is 361 g/mol. The zero-order valence-electron chi connectivity index (χ0n) is 15.3. The summed E-state index contributed by atoms with van der Waals surface area (Å²) in [5.41, 5.74) is 5.17. The molecule has 0 aromatic heterocycles. The minimum absolute atomic E-state index is 0.0162. The summed E-state index contributed by atoms with van der Waals surface area (Å²) in [6, 6.07) is 37.0. The molecular formula is C26H19NO. The number of ketones is 1. The van der Waals surface area contributed by atoms with Crippen LogP contribution in [0.4, 0.5) is 5.69 Å². The van der Waals surface area contributed by atoms with Gasteiger partial charge in [-0.05, 0) is 24.3 Å². The Bertz CT molecular complexity index is 1040. The van der Waals surface area contributed by atoms with Crippen molar-refractivity contribution in [2.75, 3.05) is 0 Å². The maximum absolute atomic E-state index is 12.6. The molecule has 0 aliphatic heterocycles. The molecule has 0 heterocycles. The van der Waals surface area contributed by atoms with Crippen LogP contribution in [0.1, 0.15) is 27.0 Å². The maximum atomic E-state index is 12.6. The highest BCUT2D eigenvalue weighted by Crippen LogP contribution is 2.20. The van der Waals surface area contributed by atoms with Gasteiger partial charge in [0.15, 0.2) is 5.78 Å². The molecule has 134 valence electrons.